The molecule has 2 aromatic heterocycles. The summed E-state index contributed by atoms with van der Waals surface area (Å²) in [5.74, 6) is -0.290. The van der Waals surface area contributed by atoms with Crippen molar-refractivity contribution in [2.24, 2.45) is 4.99 Å². The van der Waals surface area contributed by atoms with Crippen molar-refractivity contribution < 1.29 is 13.9 Å². The molecule has 1 amide bonds. The molecular weight excluding hydrogens is 667 g/mol. The molecule has 0 saturated carbocycles. The number of rotatable bonds is 9. The molecular formula is C39H44ClFN8O2. The number of aromatic nitrogens is 3. The average Bonchev–Trinajstić information content (AvgIpc) is 3.86. The van der Waals surface area contributed by atoms with Crippen LogP contribution in [0, 0.1) is 31.0 Å². The maximum atomic E-state index is 17.3. The van der Waals surface area contributed by atoms with Crippen molar-refractivity contribution in [1.82, 2.24) is 29.5 Å². The van der Waals surface area contributed by atoms with E-state index in [1.807, 2.05) is 49.8 Å². The normalized spacial score (nSPS) is 20.7. The molecule has 0 N–H and O–H groups in total. The van der Waals surface area contributed by atoms with Gasteiger partial charge in [0.1, 0.15) is 12.1 Å². The number of hydrogen-bond acceptors (Lipinski definition) is 8. The van der Waals surface area contributed by atoms with Crippen LogP contribution in [0.4, 0.5) is 4.39 Å². The van der Waals surface area contributed by atoms with Crippen LogP contribution in [0.2, 0.25) is 5.02 Å². The fourth-order valence-electron chi connectivity index (χ4n) is 7.97. The highest BCUT2D eigenvalue weighted by Crippen LogP contribution is 2.44. The number of ether oxygens (including phenoxy) is 1. The van der Waals surface area contributed by atoms with Gasteiger partial charge in [0.05, 0.1) is 47.2 Å². The first-order chi connectivity index (χ1) is 24.6. The van der Waals surface area contributed by atoms with Gasteiger partial charge >= 0.3 is 0 Å². The monoisotopic (exact) mass is 710 g/mol. The summed E-state index contributed by atoms with van der Waals surface area (Å²) in [6.45, 7) is 7.09. The molecule has 3 aliphatic heterocycles. The lowest BCUT2D eigenvalue weighted by atomic mass is 9.88. The number of carbonyl (C=O) groups excluding carboxylic acids is 1. The van der Waals surface area contributed by atoms with Gasteiger partial charge < -0.3 is 19.4 Å². The van der Waals surface area contributed by atoms with Gasteiger partial charge in [-0.1, -0.05) is 23.7 Å². The van der Waals surface area contributed by atoms with Gasteiger partial charge in [0.2, 0.25) is 11.8 Å². The summed E-state index contributed by atoms with van der Waals surface area (Å²) in [5.41, 5.74) is 5.79. The maximum absolute atomic E-state index is 17.3. The van der Waals surface area contributed by atoms with Crippen LogP contribution in [0.3, 0.4) is 0 Å². The molecule has 0 spiro atoms. The zero-order valence-corrected chi connectivity index (χ0v) is 30.7. The van der Waals surface area contributed by atoms with E-state index in [9.17, 15) is 10.1 Å². The van der Waals surface area contributed by atoms with Gasteiger partial charge in [-0.3, -0.25) is 14.5 Å². The predicted molar refractivity (Wildman–Crippen MR) is 199 cm³/mol. The predicted octanol–water partition coefficient (Wildman–Crippen LogP) is 6.63. The molecule has 0 aliphatic carbocycles. The number of hydrogen-bond donors (Lipinski definition) is 0. The van der Waals surface area contributed by atoms with Crippen LogP contribution < -0.4 is 4.74 Å². The first-order valence-corrected chi connectivity index (χ1v) is 18.1. The molecule has 2 aromatic carbocycles. The van der Waals surface area contributed by atoms with Crippen molar-refractivity contribution in [2.45, 2.75) is 70.6 Å². The number of likely N-dealkylation sites (tertiary alicyclic amines) is 2. The number of aryl methyl sites for hydroxylation is 1. The first-order valence-electron chi connectivity index (χ1n) is 17.7. The topological polar surface area (TPSA) is 103 Å². The van der Waals surface area contributed by atoms with E-state index in [0.29, 0.717) is 66.8 Å². The number of benzene rings is 2. The van der Waals surface area contributed by atoms with Gasteiger partial charge in [0.25, 0.3) is 0 Å². The van der Waals surface area contributed by atoms with Gasteiger partial charge in [-0.05, 0) is 95.5 Å². The van der Waals surface area contributed by atoms with Gasteiger partial charge in [0.15, 0.2) is 5.82 Å². The van der Waals surface area contributed by atoms with E-state index in [2.05, 4.69) is 29.1 Å². The molecule has 4 aromatic rings. The van der Waals surface area contributed by atoms with Crippen LogP contribution in [0.15, 0.2) is 35.5 Å². The third kappa shape index (κ3) is 6.50. The third-order valence-electron chi connectivity index (χ3n) is 10.9. The molecule has 51 heavy (non-hydrogen) atoms. The summed E-state index contributed by atoms with van der Waals surface area (Å²) in [6, 6.07) is 5.97. The summed E-state index contributed by atoms with van der Waals surface area (Å²) in [4.78, 5) is 28.6. The van der Waals surface area contributed by atoms with Gasteiger partial charge in [-0.2, -0.15) is 10.4 Å². The van der Waals surface area contributed by atoms with Gasteiger partial charge in [-0.15, -0.1) is 0 Å². The Balaban J connectivity index is 1.35. The van der Waals surface area contributed by atoms with E-state index in [1.165, 1.54) is 0 Å². The number of halogens is 2. The van der Waals surface area contributed by atoms with Crippen molar-refractivity contribution in [3.63, 3.8) is 0 Å². The standard InChI is InChI=1S/C39H44ClFN8O2/c1-23-16-25-19-43-20-30(25)34(24(23)2)35-32(40)18-29-37(36(35)41)45-39(51-22-28-8-6-14-47(28)5)31-21-44-49(38(29)31)27-11-15-48(26(17-27)10-12-42)33(50)9-7-13-46(3)4/h7,9,16,18,20-21,26-28H,6,8,10-11,13-15,17,19,22H2,1-5H3/b9-7+/t26-,27+,28+/m1/s1. The second-order valence-corrected chi connectivity index (χ2v) is 14.8. The number of nitriles is 1. The second-order valence-electron chi connectivity index (χ2n) is 14.4. The lowest BCUT2D eigenvalue weighted by Gasteiger charge is -2.38. The van der Waals surface area contributed by atoms with E-state index < -0.39 is 5.82 Å². The number of carbonyl (C=O) groups is 1. The molecule has 266 valence electrons. The molecule has 3 aliphatic rings. The van der Waals surface area contributed by atoms with Gasteiger partial charge in [-0.25, -0.2) is 9.37 Å². The molecule has 0 radical (unpaired) electrons. The summed E-state index contributed by atoms with van der Waals surface area (Å²) in [7, 11) is 5.98. The molecule has 3 atom stereocenters. The molecule has 7 rings (SSSR count). The van der Waals surface area contributed by atoms with E-state index in [0.717, 1.165) is 47.2 Å². The Kier molecular flexibility index (Phi) is 9.85. The third-order valence-corrected chi connectivity index (χ3v) is 11.1. The molecule has 12 heteroatoms. The lowest BCUT2D eigenvalue weighted by Crippen LogP contribution is -2.46. The first kappa shape index (κ1) is 35.1. The van der Waals surface area contributed by atoms with Crippen LogP contribution in [-0.4, -0.2) is 101 Å². The SMILES string of the molecule is Cc1cc2c(c(-c3c(Cl)cc4c(nc(OC[C@@H]5CCCN5C)c5cnn([C@H]6CCN(C(=O)/C=C/CN(C)C)[C@H](CC#N)C6)c54)c3F)c1C)C=NC2. The highest BCUT2D eigenvalue weighted by Gasteiger charge is 2.34. The molecule has 0 bridgehead atoms. The Labute approximate surface area is 303 Å². The molecule has 2 saturated heterocycles. The number of likely N-dealkylation sites (N-methyl/N-ethyl adjacent to an activating group) is 2. The van der Waals surface area contributed by atoms with E-state index in [1.54, 1.807) is 23.2 Å². The molecule has 10 nitrogen and oxygen atoms in total. The Morgan fingerprint density at radius 1 is 1.18 bits per heavy atom. The quantitative estimate of drug-likeness (QED) is 0.180. The number of aliphatic imine (C=N–C) groups is 1. The van der Waals surface area contributed by atoms with Crippen LogP contribution in [0.1, 0.15) is 60.4 Å². The number of fused-ring (bicyclic) bond motifs is 4. The van der Waals surface area contributed by atoms with Crippen molar-refractivity contribution in [3.8, 4) is 23.1 Å². The zero-order valence-electron chi connectivity index (χ0n) is 29.9. The van der Waals surface area contributed by atoms with Crippen LogP contribution in [0.5, 0.6) is 5.88 Å². The second kappa shape index (κ2) is 14.3. The minimum absolute atomic E-state index is 0.104. The summed E-state index contributed by atoms with van der Waals surface area (Å²) in [5, 5.41) is 16.1. The zero-order chi connectivity index (χ0) is 36.0. The summed E-state index contributed by atoms with van der Waals surface area (Å²) in [6.07, 6.45) is 10.4. The van der Waals surface area contributed by atoms with Crippen molar-refractivity contribution in [2.75, 3.05) is 47.4 Å². The molecule has 5 heterocycles. The van der Waals surface area contributed by atoms with Crippen LogP contribution in [0.25, 0.3) is 32.9 Å². The largest absolute Gasteiger partial charge is 0.475 e. The summed E-state index contributed by atoms with van der Waals surface area (Å²) < 4.78 is 25.6. The number of amides is 1. The Morgan fingerprint density at radius 3 is 2.75 bits per heavy atom. The summed E-state index contributed by atoms with van der Waals surface area (Å²) >= 11 is 7.09. The highest BCUT2D eigenvalue weighted by molar-refractivity contribution is 6.35. The number of nitrogens with zero attached hydrogens (tertiary/aromatic N) is 8. The van der Waals surface area contributed by atoms with Crippen molar-refractivity contribution in [1.29, 1.82) is 5.26 Å². The fraction of sp³-hybridized carbons (Fsp3) is 0.462. The Bertz CT molecular complexity index is 2120. The van der Waals surface area contributed by atoms with Crippen molar-refractivity contribution in [3.05, 3.63) is 63.6 Å². The van der Waals surface area contributed by atoms with Gasteiger partial charge in [0, 0.05) is 54.0 Å². The van der Waals surface area contributed by atoms with Crippen molar-refractivity contribution >= 4 is 45.5 Å². The smallest absolute Gasteiger partial charge is 0.246 e. The average molecular weight is 711 g/mol. The maximum Gasteiger partial charge on any atom is 0.246 e. The number of piperidine rings is 1. The highest BCUT2D eigenvalue weighted by atomic mass is 35.5. The van der Waals surface area contributed by atoms with Crippen LogP contribution in [-0.2, 0) is 11.3 Å². The molecule has 2 fully saturated rings. The Morgan fingerprint density at radius 2 is 2.00 bits per heavy atom. The lowest BCUT2D eigenvalue weighted by molar-refractivity contribution is -0.130. The van der Waals surface area contributed by atoms with E-state index in [4.69, 9.17) is 26.4 Å². The molecule has 0 unspecified atom stereocenters. The van der Waals surface area contributed by atoms with E-state index >= 15 is 4.39 Å². The fourth-order valence-corrected chi connectivity index (χ4v) is 8.26. The number of pyridine rings is 1. The minimum Gasteiger partial charge on any atom is -0.475 e. The Hall–Kier alpha value is -4.37. The minimum atomic E-state index is -0.515. The van der Waals surface area contributed by atoms with Crippen LogP contribution >= 0.6 is 11.6 Å². The van der Waals surface area contributed by atoms with E-state index in [-0.39, 0.29) is 41.0 Å².